The number of aromatic nitrogens is 1. The number of nitrogens with zero attached hydrogens (tertiary/aromatic N) is 1. The molecule has 0 fully saturated rings. The number of nitrogens with two attached hydrogens (primary N) is 1. The Kier molecular flexibility index (Phi) is 1.77. The fraction of sp³-hybridized carbons (Fsp3) is 0.100. The second kappa shape index (κ2) is 2.94. The predicted molar refractivity (Wildman–Crippen MR) is 51.1 cm³/mol. The molecule has 1 heterocycles. The number of rotatable bonds is 1. The minimum absolute atomic E-state index is 0.778. The first-order valence-electron chi connectivity index (χ1n) is 4.02. The SMILES string of the molecule is Cc1ccc(-c2cocn2)cc1N. The second-order valence-electron chi connectivity index (χ2n) is 2.95. The third-order valence-electron chi connectivity index (χ3n) is 2.01. The van der Waals surface area contributed by atoms with Crippen molar-refractivity contribution in [1.29, 1.82) is 0 Å². The molecule has 0 saturated heterocycles. The molecule has 0 bridgehead atoms. The molecule has 0 saturated carbocycles. The first-order chi connectivity index (χ1) is 6.27. The molecule has 66 valence electrons. The van der Waals surface area contributed by atoms with E-state index in [2.05, 4.69) is 4.98 Å². The molecule has 3 heteroatoms. The summed E-state index contributed by atoms with van der Waals surface area (Å²) in [5.74, 6) is 0. The lowest BCUT2D eigenvalue weighted by molar-refractivity contribution is 0.558. The van der Waals surface area contributed by atoms with Crippen molar-refractivity contribution in [2.24, 2.45) is 0 Å². The summed E-state index contributed by atoms with van der Waals surface area (Å²) >= 11 is 0. The van der Waals surface area contributed by atoms with Crippen LogP contribution in [0.25, 0.3) is 11.3 Å². The zero-order chi connectivity index (χ0) is 9.26. The molecule has 0 atom stereocenters. The van der Waals surface area contributed by atoms with Crippen LogP contribution in [0.5, 0.6) is 0 Å². The quantitative estimate of drug-likeness (QED) is 0.674. The van der Waals surface area contributed by atoms with E-state index in [1.807, 2.05) is 25.1 Å². The Morgan fingerprint density at radius 3 is 2.85 bits per heavy atom. The number of nitrogen functional groups attached to an aromatic ring is 1. The third-order valence-corrected chi connectivity index (χ3v) is 2.01. The number of oxazole rings is 1. The van der Waals surface area contributed by atoms with Crippen LogP contribution >= 0.6 is 0 Å². The molecule has 13 heavy (non-hydrogen) atoms. The zero-order valence-corrected chi connectivity index (χ0v) is 7.32. The van der Waals surface area contributed by atoms with Crippen LogP contribution in [0.15, 0.2) is 35.3 Å². The minimum Gasteiger partial charge on any atom is -0.451 e. The van der Waals surface area contributed by atoms with Gasteiger partial charge in [-0.3, -0.25) is 0 Å². The highest BCUT2D eigenvalue weighted by molar-refractivity contribution is 5.65. The summed E-state index contributed by atoms with van der Waals surface area (Å²) in [6, 6.07) is 5.84. The molecule has 0 aliphatic carbocycles. The molecule has 2 rings (SSSR count). The highest BCUT2D eigenvalue weighted by Crippen LogP contribution is 2.21. The van der Waals surface area contributed by atoms with Crippen molar-refractivity contribution in [2.75, 3.05) is 5.73 Å². The summed E-state index contributed by atoms with van der Waals surface area (Å²) in [4.78, 5) is 4.04. The molecule has 1 aromatic heterocycles. The fourth-order valence-corrected chi connectivity index (χ4v) is 1.15. The van der Waals surface area contributed by atoms with E-state index in [-0.39, 0.29) is 0 Å². The molecule has 2 aromatic rings. The van der Waals surface area contributed by atoms with Crippen molar-refractivity contribution in [3.8, 4) is 11.3 Å². The van der Waals surface area contributed by atoms with Gasteiger partial charge in [-0.15, -0.1) is 0 Å². The van der Waals surface area contributed by atoms with Gasteiger partial charge in [-0.25, -0.2) is 4.98 Å². The van der Waals surface area contributed by atoms with Gasteiger partial charge >= 0.3 is 0 Å². The molecule has 0 spiro atoms. The largest absolute Gasteiger partial charge is 0.451 e. The third kappa shape index (κ3) is 1.40. The topological polar surface area (TPSA) is 52.0 Å². The van der Waals surface area contributed by atoms with Crippen molar-refractivity contribution in [2.45, 2.75) is 6.92 Å². The Labute approximate surface area is 76.2 Å². The Balaban J connectivity index is 2.49. The molecule has 0 amide bonds. The number of benzene rings is 1. The molecule has 0 unspecified atom stereocenters. The molecule has 2 N–H and O–H groups in total. The lowest BCUT2D eigenvalue weighted by Crippen LogP contribution is -1.89. The van der Waals surface area contributed by atoms with Crippen molar-refractivity contribution in [3.63, 3.8) is 0 Å². The molecular formula is C10H10N2O. The van der Waals surface area contributed by atoms with E-state index >= 15 is 0 Å². The van der Waals surface area contributed by atoms with Crippen molar-refractivity contribution in [3.05, 3.63) is 36.4 Å². The summed E-state index contributed by atoms with van der Waals surface area (Å²) in [6.45, 7) is 1.97. The van der Waals surface area contributed by atoms with Crippen LogP contribution in [0.3, 0.4) is 0 Å². The van der Waals surface area contributed by atoms with Crippen LogP contribution < -0.4 is 5.73 Å². The number of hydrogen-bond acceptors (Lipinski definition) is 3. The van der Waals surface area contributed by atoms with Gasteiger partial charge in [0.2, 0.25) is 0 Å². The highest BCUT2D eigenvalue weighted by Gasteiger charge is 2.01. The van der Waals surface area contributed by atoms with Gasteiger partial charge in [0.15, 0.2) is 6.39 Å². The fourth-order valence-electron chi connectivity index (χ4n) is 1.15. The molecule has 0 aliphatic rings. The van der Waals surface area contributed by atoms with Gasteiger partial charge in [0.25, 0.3) is 0 Å². The van der Waals surface area contributed by atoms with E-state index in [0.717, 1.165) is 22.5 Å². The van der Waals surface area contributed by atoms with Gasteiger partial charge in [0, 0.05) is 11.3 Å². The second-order valence-corrected chi connectivity index (χ2v) is 2.95. The lowest BCUT2D eigenvalue weighted by Gasteiger charge is -2.01. The van der Waals surface area contributed by atoms with E-state index in [1.54, 1.807) is 6.26 Å². The standard InChI is InChI=1S/C10H10N2O/c1-7-2-3-8(4-9(7)11)10-5-13-6-12-10/h2-6H,11H2,1H3. The van der Waals surface area contributed by atoms with Crippen LogP contribution in [0.4, 0.5) is 5.69 Å². The average Bonchev–Trinajstić information content (AvgIpc) is 2.62. The first kappa shape index (κ1) is 7.86. The van der Waals surface area contributed by atoms with Crippen LogP contribution in [0.1, 0.15) is 5.56 Å². The normalized spacial score (nSPS) is 10.2. The van der Waals surface area contributed by atoms with E-state index in [9.17, 15) is 0 Å². The highest BCUT2D eigenvalue weighted by atomic mass is 16.3. The number of hydrogen-bond donors (Lipinski definition) is 1. The van der Waals surface area contributed by atoms with E-state index in [4.69, 9.17) is 10.2 Å². The van der Waals surface area contributed by atoms with Gasteiger partial charge in [-0.05, 0) is 18.6 Å². The average molecular weight is 174 g/mol. The molecular weight excluding hydrogens is 164 g/mol. The Hall–Kier alpha value is -1.77. The molecule has 3 nitrogen and oxygen atoms in total. The Morgan fingerprint density at radius 2 is 2.23 bits per heavy atom. The van der Waals surface area contributed by atoms with E-state index < -0.39 is 0 Å². The van der Waals surface area contributed by atoms with Crippen molar-refractivity contribution >= 4 is 5.69 Å². The number of anilines is 1. The van der Waals surface area contributed by atoms with E-state index in [1.165, 1.54) is 6.39 Å². The van der Waals surface area contributed by atoms with Crippen molar-refractivity contribution in [1.82, 2.24) is 4.98 Å². The molecule has 1 aromatic carbocycles. The van der Waals surface area contributed by atoms with E-state index in [0.29, 0.717) is 0 Å². The zero-order valence-electron chi connectivity index (χ0n) is 7.32. The number of aryl methyl sites for hydroxylation is 1. The monoisotopic (exact) mass is 174 g/mol. The van der Waals surface area contributed by atoms with Crippen LogP contribution in [-0.4, -0.2) is 4.98 Å². The van der Waals surface area contributed by atoms with Crippen LogP contribution in [0.2, 0.25) is 0 Å². The minimum atomic E-state index is 0.778. The van der Waals surface area contributed by atoms with Crippen molar-refractivity contribution < 1.29 is 4.42 Å². The smallest absolute Gasteiger partial charge is 0.181 e. The maximum atomic E-state index is 5.77. The van der Waals surface area contributed by atoms with Gasteiger partial charge in [-0.2, -0.15) is 0 Å². The maximum Gasteiger partial charge on any atom is 0.181 e. The summed E-state index contributed by atoms with van der Waals surface area (Å²) in [5, 5.41) is 0. The summed E-state index contributed by atoms with van der Waals surface area (Å²) in [7, 11) is 0. The van der Waals surface area contributed by atoms with Crippen LogP contribution in [0, 0.1) is 6.92 Å². The van der Waals surface area contributed by atoms with Gasteiger partial charge in [-0.1, -0.05) is 12.1 Å². The lowest BCUT2D eigenvalue weighted by atomic mass is 10.1. The molecule has 0 aliphatic heterocycles. The van der Waals surface area contributed by atoms with Gasteiger partial charge in [0.05, 0.1) is 0 Å². The van der Waals surface area contributed by atoms with Crippen LogP contribution in [-0.2, 0) is 0 Å². The molecule has 0 radical (unpaired) electrons. The maximum absolute atomic E-state index is 5.77. The Morgan fingerprint density at radius 1 is 1.38 bits per heavy atom. The first-order valence-corrected chi connectivity index (χ1v) is 4.02. The van der Waals surface area contributed by atoms with Gasteiger partial charge < -0.3 is 10.2 Å². The summed E-state index contributed by atoms with van der Waals surface area (Å²) < 4.78 is 4.89. The predicted octanol–water partition coefficient (Wildman–Crippen LogP) is 2.23. The summed E-state index contributed by atoms with van der Waals surface area (Å²) in [5.41, 5.74) is 9.42. The Bertz CT molecular complexity index is 407. The summed E-state index contributed by atoms with van der Waals surface area (Å²) in [6.07, 6.45) is 3.01. The van der Waals surface area contributed by atoms with Gasteiger partial charge in [0.1, 0.15) is 12.0 Å².